The maximum atomic E-state index is 9.86. The van der Waals surface area contributed by atoms with Crippen molar-refractivity contribution in [1.29, 1.82) is 0 Å². The van der Waals surface area contributed by atoms with Crippen LogP contribution in [0, 0.1) is 17.8 Å². The van der Waals surface area contributed by atoms with E-state index in [-0.39, 0.29) is 6.04 Å². The summed E-state index contributed by atoms with van der Waals surface area (Å²) in [5, 5.41) is 9.86. The molecule has 24 heavy (non-hydrogen) atoms. The van der Waals surface area contributed by atoms with Crippen LogP contribution in [0.15, 0.2) is 24.3 Å². The van der Waals surface area contributed by atoms with Crippen LogP contribution >= 0.6 is 0 Å². The van der Waals surface area contributed by atoms with Crippen molar-refractivity contribution >= 4 is 0 Å². The van der Waals surface area contributed by atoms with Gasteiger partial charge in [0.25, 0.3) is 0 Å². The van der Waals surface area contributed by atoms with E-state index in [4.69, 9.17) is 15.2 Å². The lowest BCUT2D eigenvalue weighted by molar-refractivity contribution is 0.0130. The molecule has 1 aromatic carbocycles. The smallest absolute Gasteiger partial charge is 0.205 e. The number of ether oxygens (including phenoxy) is 2. The molecule has 1 aromatic rings. The second kappa shape index (κ2) is 5.53. The van der Waals surface area contributed by atoms with E-state index in [9.17, 15) is 5.11 Å². The predicted octanol–water partition coefficient (Wildman–Crippen LogP) is 2.02. The molecule has 7 atom stereocenters. The summed E-state index contributed by atoms with van der Waals surface area (Å²) in [5.41, 5.74) is 8.57. The average molecular weight is 329 g/mol. The molecular weight excluding hydrogens is 302 g/mol. The molecule has 2 saturated heterocycles. The zero-order chi connectivity index (χ0) is 16.3. The molecule has 0 bridgehead atoms. The van der Waals surface area contributed by atoms with Crippen LogP contribution in [-0.2, 0) is 22.3 Å². The second-order valence-electron chi connectivity index (χ2n) is 8.34. The summed E-state index contributed by atoms with van der Waals surface area (Å²) in [4.78, 5) is 0. The first-order valence-corrected chi connectivity index (χ1v) is 9.47. The molecule has 130 valence electrons. The largest absolute Gasteiger partial charge is 0.369 e. The third kappa shape index (κ3) is 2.90. The maximum absolute atomic E-state index is 9.86. The van der Waals surface area contributed by atoms with Gasteiger partial charge in [0.1, 0.15) is 6.61 Å². The number of hydrogen-bond acceptors (Lipinski definition) is 4. The van der Waals surface area contributed by atoms with Crippen LogP contribution in [0.25, 0.3) is 0 Å². The Kier molecular flexibility index (Phi) is 3.53. The summed E-state index contributed by atoms with van der Waals surface area (Å²) in [6.45, 7) is 0.361. The van der Waals surface area contributed by atoms with Gasteiger partial charge in [-0.15, -0.1) is 0 Å². The third-order valence-electron chi connectivity index (χ3n) is 6.66. The predicted molar refractivity (Wildman–Crippen MR) is 90.3 cm³/mol. The molecule has 7 unspecified atom stereocenters. The van der Waals surface area contributed by atoms with Crippen LogP contribution in [0.3, 0.4) is 0 Å². The lowest BCUT2D eigenvalue weighted by Crippen LogP contribution is -2.39. The summed E-state index contributed by atoms with van der Waals surface area (Å²) in [6.07, 6.45) is 8.34. The van der Waals surface area contributed by atoms with Gasteiger partial charge in [-0.25, -0.2) is 0 Å². The topological polar surface area (TPSA) is 71.3 Å². The normalized spacial score (nSPS) is 43.3. The van der Waals surface area contributed by atoms with E-state index in [1.54, 1.807) is 0 Å². The number of epoxide rings is 2. The number of rotatable bonds is 6. The molecule has 0 amide bonds. The molecule has 0 radical (unpaired) electrons. The highest BCUT2D eigenvalue weighted by Crippen LogP contribution is 2.57. The van der Waals surface area contributed by atoms with E-state index in [1.165, 1.54) is 31.2 Å². The fourth-order valence-electron chi connectivity index (χ4n) is 4.77. The summed E-state index contributed by atoms with van der Waals surface area (Å²) >= 11 is 0. The first kappa shape index (κ1) is 15.3. The molecule has 5 rings (SSSR count). The van der Waals surface area contributed by atoms with Crippen LogP contribution in [0.5, 0.6) is 0 Å². The van der Waals surface area contributed by atoms with Gasteiger partial charge in [-0.1, -0.05) is 24.3 Å². The Morgan fingerprint density at radius 3 is 2.71 bits per heavy atom. The maximum Gasteiger partial charge on any atom is 0.205 e. The van der Waals surface area contributed by atoms with Crippen LogP contribution in [-0.4, -0.2) is 35.8 Å². The van der Waals surface area contributed by atoms with E-state index < -0.39 is 5.79 Å². The molecule has 2 aliphatic heterocycles. The number of aryl methyl sites for hydroxylation is 1. The van der Waals surface area contributed by atoms with Crippen molar-refractivity contribution in [2.24, 2.45) is 23.5 Å². The van der Waals surface area contributed by atoms with Gasteiger partial charge in [0.2, 0.25) is 5.79 Å². The van der Waals surface area contributed by atoms with Crippen LogP contribution in [0.1, 0.15) is 36.8 Å². The van der Waals surface area contributed by atoms with Crippen molar-refractivity contribution in [1.82, 2.24) is 0 Å². The molecular formula is C20H27NO3. The minimum Gasteiger partial charge on any atom is -0.369 e. The molecule has 0 aromatic heterocycles. The van der Waals surface area contributed by atoms with Crippen molar-refractivity contribution < 1.29 is 14.6 Å². The SMILES string of the molecule is NC(Cc1ccc(CCC2C3CC3CCC3OC32)cc1)C1(O)CO1. The van der Waals surface area contributed by atoms with Crippen LogP contribution in [0.4, 0.5) is 0 Å². The fraction of sp³-hybridized carbons (Fsp3) is 0.700. The zero-order valence-corrected chi connectivity index (χ0v) is 14.1. The second-order valence-corrected chi connectivity index (χ2v) is 8.34. The average Bonchev–Trinajstić information content (AvgIpc) is 3.41. The van der Waals surface area contributed by atoms with E-state index in [0.29, 0.717) is 25.2 Å². The van der Waals surface area contributed by atoms with Crippen molar-refractivity contribution in [2.75, 3.05) is 6.61 Å². The Labute approximate surface area is 143 Å². The highest BCUT2D eigenvalue weighted by Gasteiger charge is 2.56. The van der Waals surface area contributed by atoms with Gasteiger partial charge >= 0.3 is 0 Å². The van der Waals surface area contributed by atoms with Crippen molar-refractivity contribution in [2.45, 2.75) is 62.6 Å². The van der Waals surface area contributed by atoms with Gasteiger partial charge in [-0.3, -0.25) is 0 Å². The number of aliphatic hydroxyl groups is 1. The molecule has 4 nitrogen and oxygen atoms in total. The van der Waals surface area contributed by atoms with Crippen molar-refractivity contribution in [3.05, 3.63) is 35.4 Å². The van der Waals surface area contributed by atoms with Crippen LogP contribution < -0.4 is 5.73 Å². The quantitative estimate of drug-likeness (QED) is 0.783. The Balaban J connectivity index is 1.16. The first-order valence-electron chi connectivity index (χ1n) is 9.47. The zero-order valence-electron chi connectivity index (χ0n) is 14.1. The summed E-state index contributed by atoms with van der Waals surface area (Å²) in [7, 11) is 0. The summed E-state index contributed by atoms with van der Waals surface area (Å²) < 4.78 is 10.9. The number of hydrogen-bond donors (Lipinski definition) is 2. The molecule has 2 heterocycles. The van der Waals surface area contributed by atoms with Gasteiger partial charge in [-0.2, -0.15) is 0 Å². The van der Waals surface area contributed by atoms with Gasteiger partial charge in [0.05, 0.1) is 18.2 Å². The van der Waals surface area contributed by atoms with E-state index >= 15 is 0 Å². The standard InChI is InChI=1S/C20H27NO3/c21-18(20(22)11-23-20)9-13-3-1-12(2-4-13)5-7-15-16-10-14(16)6-8-17-19(15)24-17/h1-4,14-19,22H,5-11,21H2. The lowest BCUT2D eigenvalue weighted by atomic mass is 9.90. The number of fused-ring (bicyclic) bond motifs is 2. The Hall–Kier alpha value is -0.940. The molecule has 0 spiro atoms. The van der Waals surface area contributed by atoms with E-state index in [0.717, 1.165) is 29.7 Å². The minimum absolute atomic E-state index is 0.343. The van der Waals surface area contributed by atoms with Gasteiger partial charge in [0, 0.05) is 0 Å². The molecule has 4 fully saturated rings. The Morgan fingerprint density at radius 1 is 1.21 bits per heavy atom. The molecule has 4 heteroatoms. The molecule has 3 N–H and O–H groups in total. The van der Waals surface area contributed by atoms with E-state index in [2.05, 4.69) is 24.3 Å². The monoisotopic (exact) mass is 329 g/mol. The molecule has 4 aliphatic rings. The van der Waals surface area contributed by atoms with Gasteiger partial charge < -0.3 is 20.3 Å². The van der Waals surface area contributed by atoms with Crippen LogP contribution in [0.2, 0.25) is 0 Å². The minimum atomic E-state index is -1.08. The van der Waals surface area contributed by atoms with Gasteiger partial charge in [-0.05, 0) is 67.4 Å². The van der Waals surface area contributed by atoms with Gasteiger partial charge in [0.15, 0.2) is 0 Å². The summed E-state index contributed by atoms with van der Waals surface area (Å²) in [5.74, 6) is 1.65. The number of nitrogens with two attached hydrogens (primary N) is 1. The highest BCUT2D eigenvalue weighted by molar-refractivity contribution is 5.24. The van der Waals surface area contributed by atoms with Crippen molar-refractivity contribution in [3.8, 4) is 0 Å². The lowest BCUT2D eigenvalue weighted by Gasteiger charge is -2.16. The van der Waals surface area contributed by atoms with Crippen molar-refractivity contribution in [3.63, 3.8) is 0 Å². The third-order valence-corrected chi connectivity index (χ3v) is 6.66. The fourth-order valence-corrected chi connectivity index (χ4v) is 4.77. The highest BCUT2D eigenvalue weighted by atomic mass is 16.7. The first-order chi connectivity index (χ1) is 11.6. The Bertz CT molecular complexity index is 594. The summed E-state index contributed by atoms with van der Waals surface area (Å²) in [6, 6.07) is 8.37. The number of benzene rings is 1. The molecule has 2 saturated carbocycles. The van der Waals surface area contributed by atoms with E-state index in [1.807, 2.05) is 0 Å². The Morgan fingerprint density at radius 2 is 1.96 bits per heavy atom. The molecule has 2 aliphatic carbocycles.